The van der Waals surface area contributed by atoms with Crippen LogP contribution in [0.15, 0.2) is 47.4 Å². The predicted octanol–water partition coefficient (Wildman–Crippen LogP) is 5.42. The smallest absolute Gasteiger partial charge is 0.268 e. The Labute approximate surface area is 175 Å². The van der Waals surface area contributed by atoms with Crippen LogP contribution in [0.25, 0.3) is 5.57 Å². The third-order valence-corrected chi connectivity index (χ3v) is 6.15. The van der Waals surface area contributed by atoms with Crippen molar-refractivity contribution >= 4 is 40.8 Å². The van der Waals surface area contributed by atoms with Crippen LogP contribution < -0.4 is 0 Å². The van der Waals surface area contributed by atoms with Gasteiger partial charge in [-0.3, -0.25) is 14.5 Å². The lowest BCUT2D eigenvalue weighted by Crippen LogP contribution is -2.33. The summed E-state index contributed by atoms with van der Waals surface area (Å²) in [5.41, 5.74) is 4.67. The maximum atomic E-state index is 13.2. The number of thioether (sulfide) groups is 1. The van der Waals surface area contributed by atoms with Crippen LogP contribution in [0.1, 0.15) is 36.1 Å². The van der Waals surface area contributed by atoms with Crippen molar-refractivity contribution in [3.63, 3.8) is 0 Å². The van der Waals surface area contributed by atoms with Crippen LogP contribution in [0.4, 0.5) is 0 Å². The van der Waals surface area contributed by atoms with Crippen LogP contribution in [0.2, 0.25) is 5.02 Å². The third kappa shape index (κ3) is 4.34. The molecule has 1 aliphatic rings. The lowest BCUT2D eigenvalue weighted by atomic mass is 10.0. The molecule has 0 saturated carbocycles. The molecule has 2 aromatic rings. The van der Waals surface area contributed by atoms with Crippen LogP contribution in [-0.2, 0) is 16.0 Å². The zero-order valence-electron chi connectivity index (χ0n) is 16.6. The van der Waals surface area contributed by atoms with E-state index in [2.05, 4.69) is 0 Å². The second-order valence-electron chi connectivity index (χ2n) is 7.31. The van der Waals surface area contributed by atoms with Crippen molar-refractivity contribution in [2.75, 3.05) is 6.54 Å². The highest BCUT2D eigenvalue weighted by Gasteiger charge is 2.39. The monoisotopic (exact) mass is 413 g/mol. The van der Waals surface area contributed by atoms with Crippen LogP contribution >= 0.6 is 23.4 Å². The van der Waals surface area contributed by atoms with Gasteiger partial charge < -0.3 is 0 Å². The molecule has 0 bridgehead atoms. The van der Waals surface area contributed by atoms with Gasteiger partial charge in [-0.25, -0.2) is 0 Å². The molecule has 1 heterocycles. The quantitative estimate of drug-likeness (QED) is 0.593. The molecule has 28 heavy (non-hydrogen) atoms. The molecule has 0 aliphatic carbocycles. The number of nitrogens with zero attached hydrogens (tertiary/aromatic N) is 1. The third-order valence-electron chi connectivity index (χ3n) is 4.81. The first-order valence-electron chi connectivity index (χ1n) is 9.37. The zero-order valence-corrected chi connectivity index (χ0v) is 18.2. The summed E-state index contributed by atoms with van der Waals surface area (Å²) in [7, 11) is 0. The Morgan fingerprint density at radius 3 is 2.25 bits per heavy atom. The van der Waals surface area contributed by atoms with E-state index in [1.54, 1.807) is 0 Å². The molecule has 0 saturated heterocycles. The van der Waals surface area contributed by atoms with E-state index in [9.17, 15) is 9.59 Å². The molecule has 1 aliphatic heterocycles. The number of amides is 2. The number of imide groups is 1. The number of aryl methyl sites for hydroxylation is 2. The second-order valence-corrected chi connectivity index (χ2v) is 9.33. The molecule has 146 valence electrons. The van der Waals surface area contributed by atoms with Crippen LogP contribution in [0.5, 0.6) is 0 Å². The molecule has 5 heteroatoms. The number of hydrogen-bond donors (Lipinski definition) is 0. The molecule has 0 atom stereocenters. The topological polar surface area (TPSA) is 37.4 Å². The lowest BCUT2D eigenvalue weighted by molar-refractivity contribution is -0.136. The minimum Gasteiger partial charge on any atom is -0.274 e. The SMILES string of the molecule is Cc1ccc(C2=C(SC(C)C)C(=O)N(CCc3ccc(Cl)cc3)C2=O)cc1C. The fourth-order valence-corrected chi connectivity index (χ4v) is 4.28. The predicted molar refractivity (Wildman–Crippen MR) is 117 cm³/mol. The fourth-order valence-electron chi connectivity index (χ4n) is 3.15. The van der Waals surface area contributed by atoms with Crippen molar-refractivity contribution < 1.29 is 9.59 Å². The highest BCUT2D eigenvalue weighted by molar-refractivity contribution is 8.04. The Balaban J connectivity index is 1.90. The van der Waals surface area contributed by atoms with Gasteiger partial charge >= 0.3 is 0 Å². The van der Waals surface area contributed by atoms with E-state index in [1.165, 1.54) is 22.2 Å². The van der Waals surface area contributed by atoms with Gasteiger partial charge in [0, 0.05) is 16.8 Å². The van der Waals surface area contributed by atoms with Gasteiger partial charge in [-0.1, -0.05) is 55.8 Å². The van der Waals surface area contributed by atoms with Gasteiger partial charge in [0.2, 0.25) is 0 Å². The Kier molecular flexibility index (Phi) is 6.31. The molecule has 0 fully saturated rings. The average Bonchev–Trinajstić information content (AvgIpc) is 2.87. The summed E-state index contributed by atoms with van der Waals surface area (Å²) < 4.78 is 0. The van der Waals surface area contributed by atoms with Gasteiger partial charge in [0.25, 0.3) is 11.8 Å². The summed E-state index contributed by atoms with van der Waals surface area (Å²) in [6.45, 7) is 8.48. The van der Waals surface area contributed by atoms with E-state index in [-0.39, 0.29) is 17.1 Å². The molecular formula is C23H24ClNO2S. The summed E-state index contributed by atoms with van der Waals surface area (Å²) in [5, 5.41) is 0.885. The van der Waals surface area contributed by atoms with E-state index >= 15 is 0 Å². The molecule has 0 radical (unpaired) electrons. The highest BCUT2D eigenvalue weighted by atomic mass is 35.5. The zero-order chi connectivity index (χ0) is 20.4. The molecular weight excluding hydrogens is 390 g/mol. The summed E-state index contributed by atoms with van der Waals surface area (Å²) >= 11 is 7.40. The van der Waals surface area contributed by atoms with Gasteiger partial charge in [-0.05, 0) is 54.7 Å². The number of carbonyl (C=O) groups excluding carboxylic acids is 2. The number of carbonyl (C=O) groups is 2. The first kappa shape index (κ1) is 20.7. The molecule has 3 rings (SSSR count). The molecule has 0 N–H and O–H groups in total. The van der Waals surface area contributed by atoms with E-state index in [0.717, 1.165) is 16.7 Å². The second kappa shape index (κ2) is 8.54. The fraction of sp³-hybridized carbons (Fsp3) is 0.304. The molecule has 2 amide bonds. The number of hydrogen-bond acceptors (Lipinski definition) is 3. The lowest BCUT2D eigenvalue weighted by Gasteiger charge is -2.15. The largest absolute Gasteiger partial charge is 0.274 e. The van der Waals surface area contributed by atoms with Crippen LogP contribution in [-0.4, -0.2) is 28.5 Å². The average molecular weight is 414 g/mol. The van der Waals surface area contributed by atoms with Crippen LogP contribution in [0.3, 0.4) is 0 Å². The highest BCUT2D eigenvalue weighted by Crippen LogP contribution is 2.38. The van der Waals surface area contributed by atoms with Gasteiger partial charge in [0.05, 0.1) is 10.5 Å². The summed E-state index contributed by atoms with van der Waals surface area (Å²) in [6.07, 6.45) is 0.606. The van der Waals surface area contributed by atoms with Crippen molar-refractivity contribution in [3.8, 4) is 0 Å². The van der Waals surface area contributed by atoms with Gasteiger partial charge in [0.15, 0.2) is 0 Å². The minimum atomic E-state index is -0.203. The maximum Gasteiger partial charge on any atom is 0.268 e. The molecule has 2 aromatic carbocycles. The van der Waals surface area contributed by atoms with E-state index < -0.39 is 0 Å². The van der Waals surface area contributed by atoms with Crippen molar-refractivity contribution in [2.45, 2.75) is 39.4 Å². The molecule has 0 spiro atoms. The minimum absolute atomic E-state index is 0.189. The first-order chi connectivity index (χ1) is 13.3. The van der Waals surface area contributed by atoms with Crippen molar-refractivity contribution in [3.05, 3.63) is 74.6 Å². The van der Waals surface area contributed by atoms with Crippen molar-refractivity contribution in [1.29, 1.82) is 0 Å². The first-order valence-corrected chi connectivity index (χ1v) is 10.6. The van der Waals surface area contributed by atoms with Crippen LogP contribution in [0, 0.1) is 13.8 Å². The van der Waals surface area contributed by atoms with Gasteiger partial charge in [-0.2, -0.15) is 0 Å². The van der Waals surface area contributed by atoms with Crippen molar-refractivity contribution in [1.82, 2.24) is 4.90 Å². The Hall–Kier alpha value is -2.04. The van der Waals surface area contributed by atoms with E-state index in [0.29, 0.717) is 28.5 Å². The number of halogens is 1. The number of benzene rings is 2. The van der Waals surface area contributed by atoms with Gasteiger partial charge in [-0.15, -0.1) is 11.8 Å². The van der Waals surface area contributed by atoms with E-state index in [4.69, 9.17) is 11.6 Å². The maximum absolute atomic E-state index is 13.2. The van der Waals surface area contributed by atoms with E-state index in [1.807, 2.05) is 70.2 Å². The Bertz CT molecular complexity index is 948. The van der Waals surface area contributed by atoms with Crippen molar-refractivity contribution in [2.24, 2.45) is 0 Å². The summed E-state index contributed by atoms with van der Waals surface area (Å²) in [4.78, 5) is 28.2. The molecule has 0 unspecified atom stereocenters. The molecule has 0 aromatic heterocycles. The van der Waals surface area contributed by atoms with Gasteiger partial charge in [0.1, 0.15) is 0 Å². The normalized spacial score (nSPS) is 14.6. The number of rotatable bonds is 6. The molecule has 3 nitrogen and oxygen atoms in total. The summed E-state index contributed by atoms with van der Waals surface area (Å²) in [5.74, 6) is -0.392. The standard InChI is InChI=1S/C23H24ClNO2S/c1-14(2)28-21-20(18-8-5-15(3)16(4)13-18)22(26)25(23(21)27)12-11-17-6-9-19(24)10-7-17/h5-10,13-14H,11-12H2,1-4H3. The summed E-state index contributed by atoms with van der Waals surface area (Å²) in [6, 6.07) is 13.4. The Morgan fingerprint density at radius 1 is 0.964 bits per heavy atom. The Morgan fingerprint density at radius 2 is 1.64 bits per heavy atom.